The lowest BCUT2D eigenvalue weighted by atomic mass is 10.0. The zero-order chi connectivity index (χ0) is 25.5. The minimum Gasteiger partial charge on any atom is -0.267 e. The molecule has 0 aromatic heterocycles. The smallest absolute Gasteiger partial charge is 0.267 e. The molecule has 182 valence electrons. The third-order valence-electron chi connectivity index (χ3n) is 6.04. The second-order valence-corrected chi connectivity index (χ2v) is 8.99. The van der Waals surface area contributed by atoms with Crippen LogP contribution in [-0.4, -0.2) is 17.8 Å². The first-order valence-corrected chi connectivity index (χ1v) is 12.4. The number of rotatable bonds is 7. The van der Waals surface area contributed by atoms with Crippen molar-refractivity contribution in [1.29, 1.82) is 0 Å². The maximum absolute atomic E-state index is 12.3. The number of benzene rings is 4. The van der Waals surface area contributed by atoms with E-state index in [2.05, 4.69) is 64.1 Å². The van der Waals surface area contributed by atoms with Crippen molar-refractivity contribution in [2.75, 3.05) is 5.01 Å². The van der Waals surface area contributed by atoms with Crippen LogP contribution in [0.15, 0.2) is 125 Å². The molecule has 0 aliphatic carbocycles. The Kier molecular flexibility index (Phi) is 7.53. The fourth-order valence-electron chi connectivity index (χ4n) is 4.15. The van der Waals surface area contributed by atoms with E-state index in [1.807, 2.05) is 48.5 Å². The van der Waals surface area contributed by atoms with Crippen molar-refractivity contribution in [3.05, 3.63) is 143 Å². The molecule has 1 atom stereocenters. The van der Waals surface area contributed by atoms with Gasteiger partial charge in [-0.1, -0.05) is 103 Å². The topological polar surface area (TPSA) is 57.1 Å². The summed E-state index contributed by atoms with van der Waals surface area (Å²) in [7, 11) is 0. The lowest BCUT2D eigenvalue weighted by Crippen LogP contribution is -2.18. The fourth-order valence-corrected chi connectivity index (χ4v) is 4.37. The summed E-state index contributed by atoms with van der Waals surface area (Å²) in [6.45, 7) is 0. The van der Waals surface area contributed by atoms with Crippen LogP contribution in [0, 0.1) is 0 Å². The van der Waals surface area contributed by atoms with E-state index < -0.39 is 0 Å². The monoisotopic (exact) mass is 504 g/mol. The number of carbonyl (C=O) groups is 1. The molecule has 0 unspecified atom stereocenters. The minimum absolute atomic E-state index is 0.103. The first kappa shape index (κ1) is 24.2. The highest BCUT2D eigenvalue weighted by atomic mass is 35.5. The SMILES string of the molecule is O=C(N/N=C\c1ccc(N2N=C(/C=C/c3ccccc3)C[C@@H]2c2ccccc2)cc1)c1ccccc1Cl. The number of amides is 1. The van der Waals surface area contributed by atoms with E-state index in [1.54, 1.807) is 30.5 Å². The standard InChI is InChI=1S/C31H25ClN4O/c32-29-14-8-7-13-28(29)31(37)34-33-22-24-16-19-27(20-17-24)36-30(25-11-5-2-6-12-25)21-26(35-36)18-15-23-9-3-1-4-10-23/h1-20,22,30H,21H2,(H,34,37)/b18-15+,33-22-/t30-/m1/s1. The highest BCUT2D eigenvalue weighted by Gasteiger charge is 2.28. The van der Waals surface area contributed by atoms with E-state index in [4.69, 9.17) is 16.7 Å². The van der Waals surface area contributed by atoms with Gasteiger partial charge in [-0.15, -0.1) is 0 Å². The molecule has 0 spiro atoms. The molecule has 1 amide bonds. The molecule has 37 heavy (non-hydrogen) atoms. The molecule has 5 rings (SSSR count). The van der Waals surface area contributed by atoms with Crippen LogP contribution < -0.4 is 10.4 Å². The van der Waals surface area contributed by atoms with Crippen molar-refractivity contribution in [3.8, 4) is 0 Å². The van der Waals surface area contributed by atoms with E-state index in [0.29, 0.717) is 10.6 Å². The summed E-state index contributed by atoms with van der Waals surface area (Å²) in [5, 5.41) is 11.5. The number of hydrogen-bond acceptors (Lipinski definition) is 4. The number of nitrogens with zero attached hydrogens (tertiary/aromatic N) is 3. The van der Waals surface area contributed by atoms with E-state index in [9.17, 15) is 4.79 Å². The average Bonchev–Trinajstić information content (AvgIpc) is 3.38. The van der Waals surface area contributed by atoms with Crippen molar-refractivity contribution < 1.29 is 4.79 Å². The molecule has 0 saturated heterocycles. The molecule has 0 radical (unpaired) electrons. The quantitative estimate of drug-likeness (QED) is 0.215. The van der Waals surface area contributed by atoms with Crippen molar-refractivity contribution in [2.45, 2.75) is 12.5 Å². The zero-order valence-electron chi connectivity index (χ0n) is 20.0. The van der Waals surface area contributed by atoms with E-state index in [-0.39, 0.29) is 11.9 Å². The third-order valence-corrected chi connectivity index (χ3v) is 6.37. The van der Waals surface area contributed by atoms with Crippen LogP contribution in [-0.2, 0) is 0 Å². The Labute approximate surface area is 221 Å². The number of anilines is 1. The molecule has 1 heterocycles. The Morgan fingerprint density at radius 2 is 1.51 bits per heavy atom. The van der Waals surface area contributed by atoms with Crippen molar-refractivity contribution in [2.24, 2.45) is 10.2 Å². The maximum Gasteiger partial charge on any atom is 0.272 e. The van der Waals surface area contributed by atoms with E-state index in [1.165, 1.54) is 5.56 Å². The van der Waals surface area contributed by atoms with Gasteiger partial charge < -0.3 is 0 Å². The van der Waals surface area contributed by atoms with Crippen molar-refractivity contribution in [1.82, 2.24) is 5.43 Å². The number of allylic oxidation sites excluding steroid dienone is 1. The lowest BCUT2D eigenvalue weighted by molar-refractivity contribution is 0.0955. The summed E-state index contributed by atoms with van der Waals surface area (Å²) < 4.78 is 0. The second-order valence-electron chi connectivity index (χ2n) is 8.58. The summed E-state index contributed by atoms with van der Waals surface area (Å²) in [5.41, 5.74) is 8.12. The predicted molar refractivity (Wildman–Crippen MR) is 152 cm³/mol. The Morgan fingerprint density at radius 1 is 0.838 bits per heavy atom. The van der Waals surface area contributed by atoms with Gasteiger partial charge in [-0.25, -0.2) is 5.43 Å². The van der Waals surface area contributed by atoms with Gasteiger partial charge in [0.05, 0.1) is 34.2 Å². The van der Waals surface area contributed by atoms with E-state index in [0.717, 1.165) is 28.9 Å². The number of carbonyl (C=O) groups excluding carboxylic acids is 1. The summed E-state index contributed by atoms with van der Waals surface area (Å²) in [6.07, 6.45) is 6.61. The van der Waals surface area contributed by atoms with Gasteiger partial charge in [0.15, 0.2) is 0 Å². The Hall–Kier alpha value is -4.48. The van der Waals surface area contributed by atoms with Crippen LogP contribution in [0.2, 0.25) is 5.02 Å². The molecule has 1 aliphatic rings. The van der Waals surface area contributed by atoms with Gasteiger partial charge in [0, 0.05) is 6.42 Å². The average molecular weight is 505 g/mol. The van der Waals surface area contributed by atoms with Crippen LogP contribution in [0.1, 0.15) is 39.5 Å². The largest absolute Gasteiger partial charge is 0.272 e. The number of nitrogens with one attached hydrogen (secondary N) is 1. The Morgan fingerprint density at radius 3 is 2.24 bits per heavy atom. The molecule has 6 heteroatoms. The van der Waals surface area contributed by atoms with Crippen LogP contribution in [0.5, 0.6) is 0 Å². The molecule has 0 bridgehead atoms. The van der Waals surface area contributed by atoms with Gasteiger partial charge in [0.1, 0.15) is 0 Å². The van der Waals surface area contributed by atoms with Crippen LogP contribution in [0.4, 0.5) is 5.69 Å². The first-order chi connectivity index (χ1) is 18.2. The van der Waals surface area contributed by atoms with Gasteiger partial charge in [-0.05, 0) is 47.0 Å². The number of halogens is 1. The molecule has 5 nitrogen and oxygen atoms in total. The lowest BCUT2D eigenvalue weighted by Gasteiger charge is -2.24. The van der Waals surface area contributed by atoms with E-state index >= 15 is 0 Å². The fraction of sp³-hybridized carbons (Fsp3) is 0.0645. The van der Waals surface area contributed by atoms with Gasteiger partial charge in [-0.2, -0.15) is 10.2 Å². The van der Waals surface area contributed by atoms with Crippen LogP contribution in [0.25, 0.3) is 6.08 Å². The third kappa shape index (κ3) is 6.02. The summed E-state index contributed by atoms with van der Waals surface area (Å²) in [6, 6.07) is 35.6. The summed E-state index contributed by atoms with van der Waals surface area (Å²) in [4.78, 5) is 12.3. The summed E-state index contributed by atoms with van der Waals surface area (Å²) >= 11 is 6.08. The predicted octanol–water partition coefficient (Wildman–Crippen LogP) is 7.12. The second kappa shape index (κ2) is 11.5. The number of hydrazone groups is 2. The number of hydrogen-bond donors (Lipinski definition) is 1. The van der Waals surface area contributed by atoms with Gasteiger partial charge in [0.25, 0.3) is 5.91 Å². The summed E-state index contributed by atoms with van der Waals surface area (Å²) in [5.74, 6) is -0.355. The Balaban J connectivity index is 1.32. The molecule has 4 aromatic carbocycles. The van der Waals surface area contributed by atoms with Crippen LogP contribution >= 0.6 is 11.6 Å². The van der Waals surface area contributed by atoms with Crippen molar-refractivity contribution >= 4 is 41.2 Å². The maximum atomic E-state index is 12.3. The molecular weight excluding hydrogens is 480 g/mol. The molecule has 0 fully saturated rings. The molecular formula is C31H25ClN4O. The molecule has 0 saturated carbocycles. The normalized spacial score (nSPS) is 15.3. The molecule has 4 aromatic rings. The van der Waals surface area contributed by atoms with Gasteiger partial charge in [-0.3, -0.25) is 9.80 Å². The minimum atomic E-state index is -0.355. The highest BCUT2D eigenvalue weighted by molar-refractivity contribution is 6.33. The van der Waals surface area contributed by atoms with Gasteiger partial charge in [0.2, 0.25) is 0 Å². The molecule has 1 N–H and O–H groups in total. The Bertz CT molecular complexity index is 1450. The first-order valence-electron chi connectivity index (χ1n) is 12.0. The highest BCUT2D eigenvalue weighted by Crippen LogP contribution is 2.35. The van der Waals surface area contributed by atoms with Gasteiger partial charge >= 0.3 is 0 Å². The molecule has 1 aliphatic heterocycles. The van der Waals surface area contributed by atoms with Crippen LogP contribution in [0.3, 0.4) is 0 Å². The zero-order valence-corrected chi connectivity index (χ0v) is 20.8. The van der Waals surface area contributed by atoms with Crippen molar-refractivity contribution in [3.63, 3.8) is 0 Å².